The van der Waals surface area contributed by atoms with Crippen molar-refractivity contribution in [2.24, 2.45) is 0 Å². The molecule has 0 radical (unpaired) electrons. The number of fused-ring (bicyclic) bond motifs is 3. The fourth-order valence-corrected chi connectivity index (χ4v) is 4.79. The lowest BCUT2D eigenvalue weighted by Gasteiger charge is -2.31. The summed E-state index contributed by atoms with van der Waals surface area (Å²) < 4.78 is 7.97. The van der Waals surface area contributed by atoms with Gasteiger partial charge in [-0.05, 0) is 59.9 Å². The Labute approximate surface area is 207 Å². The molecular weight excluding hydrogens is 434 g/mol. The molecule has 0 unspecified atom stereocenters. The summed E-state index contributed by atoms with van der Waals surface area (Å²) in [5.41, 5.74) is 6.28. The van der Waals surface area contributed by atoms with Crippen LogP contribution in [0.25, 0.3) is 5.69 Å². The number of nitrogens with one attached hydrogen (secondary N) is 1. The molecule has 0 saturated carbocycles. The van der Waals surface area contributed by atoms with Gasteiger partial charge in [0.15, 0.2) is 0 Å². The summed E-state index contributed by atoms with van der Waals surface area (Å²) in [4.78, 5) is 15.8. The lowest BCUT2D eigenvalue weighted by atomic mass is 9.97. The van der Waals surface area contributed by atoms with Crippen LogP contribution in [0.4, 0.5) is 10.5 Å². The van der Waals surface area contributed by atoms with Crippen molar-refractivity contribution < 1.29 is 9.53 Å². The smallest absolute Gasteiger partial charge is 0.323 e. The molecule has 3 aromatic carbocycles. The van der Waals surface area contributed by atoms with Gasteiger partial charge >= 0.3 is 6.03 Å². The molecule has 0 bridgehead atoms. The van der Waals surface area contributed by atoms with E-state index in [2.05, 4.69) is 72.4 Å². The number of anilines is 1. The molecule has 35 heavy (non-hydrogen) atoms. The number of carbonyl (C=O) groups excluding carboxylic acids is 1. The minimum atomic E-state index is -0.252. The molecule has 2 heterocycles. The van der Waals surface area contributed by atoms with E-state index in [-0.39, 0.29) is 12.1 Å². The highest BCUT2D eigenvalue weighted by Crippen LogP contribution is 2.37. The van der Waals surface area contributed by atoms with E-state index in [1.165, 1.54) is 5.56 Å². The predicted octanol–water partition coefficient (Wildman–Crippen LogP) is 7.14. The molecule has 0 fully saturated rings. The summed E-state index contributed by atoms with van der Waals surface area (Å²) in [6.07, 6.45) is 2.08. The van der Waals surface area contributed by atoms with E-state index in [9.17, 15) is 4.79 Å². The summed E-state index contributed by atoms with van der Waals surface area (Å²) in [6.45, 7) is 7.34. The first-order chi connectivity index (χ1) is 17.1. The number of benzene rings is 3. The molecule has 0 saturated heterocycles. The van der Waals surface area contributed by atoms with Crippen molar-refractivity contribution in [3.8, 4) is 11.4 Å². The highest BCUT2D eigenvalue weighted by atomic mass is 16.5. The zero-order valence-electron chi connectivity index (χ0n) is 20.4. The SMILES string of the molecule is CCOc1ccccc1NC(=O)N1Cc2ccccc2-n2cccc2[C@@H]1c1ccc(C(C)C)cc1. The Kier molecular flexibility index (Phi) is 6.32. The minimum Gasteiger partial charge on any atom is -0.492 e. The van der Waals surface area contributed by atoms with Gasteiger partial charge in [0.05, 0.1) is 30.6 Å². The van der Waals surface area contributed by atoms with E-state index in [0.717, 1.165) is 22.5 Å². The lowest BCUT2D eigenvalue weighted by molar-refractivity contribution is 0.194. The molecule has 5 heteroatoms. The Morgan fingerprint density at radius 1 is 0.971 bits per heavy atom. The molecule has 0 spiro atoms. The number of hydrogen-bond acceptors (Lipinski definition) is 2. The number of nitrogens with zero attached hydrogens (tertiary/aromatic N) is 2. The summed E-state index contributed by atoms with van der Waals surface area (Å²) in [7, 11) is 0. The summed E-state index contributed by atoms with van der Waals surface area (Å²) in [6, 6.07) is 28.3. The second-order valence-electron chi connectivity index (χ2n) is 9.14. The first-order valence-corrected chi connectivity index (χ1v) is 12.2. The van der Waals surface area contributed by atoms with Gasteiger partial charge in [-0.2, -0.15) is 0 Å². The number of para-hydroxylation sites is 3. The van der Waals surface area contributed by atoms with Gasteiger partial charge in [-0.1, -0.05) is 68.4 Å². The van der Waals surface area contributed by atoms with Gasteiger partial charge in [0.1, 0.15) is 5.75 Å². The van der Waals surface area contributed by atoms with Crippen LogP contribution in [0.15, 0.2) is 91.1 Å². The molecule has 5 rings (SSSR count). The quantitative estimate of drug-likeness (QED) is 0.341. The average Bonchev–Trinajstić information content (AvgIpc) is 3.29. The van der Waals surface area contributed by atoms with Gasteiger partial charge in [-0.15, -0.1) is 0 Å². The van der Waals surface area contributed by atoms with Crippen molar-refractivity contribution in [3.63, 3.8) is 0 Å². The Bertz CT molecular complexity index is 1320. The van der Waals surface area contributed by atoms with Gasteiger partial charge < -0.3 is 19.5 Å². The number of carbonyl (C=O) groups is 1. The largest absolute Gasteiger partial charge is 0.492 e. The first-order valence-electron chi connectivity index (χ1n) is 12.2. The second-order valence-corrected chi connectivity index (χ2v) is 9.14. The maximum atomic E-state index is 13.9. The molecular formula is C30H31N3O2. The van der Waals surface area contributed by atoms with Crippen molar-refractivity contribution in [3.05, 3.63) is 114 Å². The molecule has 4 aromatic rings. The fourth-order valence-electron chi connectivity index (χ4n) is 4.79. The van der Waals surface area contributed by atoms with Crippen LogP contribution in [-0.4, -0.2) is 22.1 Å². The molecule has 0 aliphatic carbocycles. The van der Waals surface area contributed by atoms with Crippen LogP contribution < -0.4 is 10.1 Å². The van der Waals surface area contributed by atoms with Gasteiger partial charge in [0.2, 0.25) is 0 Å². The van der Waals surface area contributed by atoms with Crippen molar-refractivity contribution in [1.82, 2.24) is 9.47 Å². The number of urea groups is 1. The van der Waals surface area contributed by atoms with E-state index in [4.69, 9.17) is 4.74 Å². The van der Waals surface area contributed by atoms with E-state index >= 15 is 0 Å². The second kappa shape index (κ2) is 9.71. The fraction of sp³-hybridized carbons (Fsp3) is 0.233. The van der Waals surface area contributed by atoms with Crippen LogP contribution in [0.3, 0.4) is 0 Å². The maximum absolute atomic E-state index is 13.9. The van der Waals surface area contributed by atoms with E-state index < -0.39 is 0 Å². The van der Waals surface area contributed by atoms with Crippen LogP contribution in [0.5, 0.6) is 5.75 Å². The highest BCUT2D eigenvalue weighted by Gasteiger charge is 2.33. The van der Waals surface area contributed by atoms with E-state index in [1.807, 2.05) is 54.3 Å². The van der Waals surface area contributed by atoms with Crippen LogP contribution in [0.1, 0.15) is 55.1 Å². The lowest BCUT2D eigenvalue weighted by Crippen LogP contribution is -2.38. The van der Waals surface area contributed by atoms with Gasteiger partial charge in [-0.3, -0.25) is 0 Å². The Balaban J connectivity index is 1.60. The monoisotopic (exact) mass is 465 g/mol. The predicted molar refractivity (Wildman–Crippen MR) is 140 cm³/mol. The Morgan fingerprint density at radius 3 is 2.49 bits per heavy atom. The molecule has 1 aliphatic rings. The first kappa shape index (κ1) is 22.8. The van der Waals surface area contributed by atoms with Crippen molar-refractivity contribution >= 4 is 11.7 Å². The molecule has 1 N–H and O–H groups in total. The number of aromatic nitrogens is 1. The van der Waals surface area contributed by atoms with Crippen LogP contribution >= 0.6 is 0 Å². The summed E-state index contributed by atoms with van der Waals surface area (Å²) >= 11 is 0. The molecule has 5 nitrogen and oxygen atoms in total. The van der Waals surface area contributed by atoms with Gasteiger partial charge in [0.25, 0.3) is 0 Å². The topological polar surface area (TPSA) is 46.5 Å². The van der Waals surface area contributed by atoms with Crippen LogP contribution in [0, 0.1) is 0 Å². The van der Waals surface area contributed by atoms with Gasteiger partial charge in [0, 0.05) is 11.9 Å². The van der Waals surface area contributed by atoms with Crippen LogP contribution in [0.2, 0.25) is 0 Å². The number of amides is 2. The summed E-state index contributed by atoms with van der Waals surface area (Å²) in [5.74, 6) is 1.11. The number of rotatable bonds is 5. The molecule has 1 atom stereocenters. The minimum absolute atomic E-state index is 0.167. The van der Waals surface area contributed by atoms with Crippen molar-refractivity contribution in [2.45, 2.75) is 39.3 Å². The standard InChI is InChI=1S/C30H31N3O2/c1-4-35-28-14-8-6-11-25(28)31-30(34)33-20-24-10-5-7-12-26(24)32-19-9-13-27(32)29(33)23-17-15-22(16-18-23)21(2)3/h5-19,21,29H,4,20H2,1-3H3,(H,31,34)/t29-/m0/s1. The normalized spacial score (nSPS) is 14.7. The zero-order chi connectivity index (χ0) is 24.4. The third-order valence-electron chi connectivity index (χ3n) is 6.57. The third-order valence-corrected chi connectivity index (χ3v) is 6.57. The Hall–Kier alpha value is -3.99. The molecule has 1 aliphatic heterocycles. The van der Waals surface area contributed by atoms with E-state index in [0.29, 0.717) is 30.5 Å². The number of ether oxygens (including phenoxy) is 1. The number of hydrogen-bond donors (Lipinski definition) is 1. The Morgan fingerprint density at radius 2 is 1.71 bits per heavy atom. The molecule has 178 valence electrons. The maximum Gasteiger partial charge on any atom is 0.323 e. The summed E-state index contributed by atoms with van der Waals surface area (Å²) in [5, 5.41) is 3.13. The highest BCUT2D eigenvalue weighted by molar-refractivity contribution is 5.91. The molecule has 2 amide bonds. The van der Waals surface area contributed by atoms with Crippen molar-refractivity contribution in [2.75, 3.05) is 11.9 Å². The zero-order valence-corrected chi connectivity index (χ0v) is 20.4. The average molecular weight is 466 g/mol. The van der Waals surface area contributed by atoms with Gasteiger partial charge in [-0.25, -0.2) is 4.79 Å². The van der Waals surface area contributed by atoms with E-state index in [1.54, 1.807) is 0 Å². The van der Waals surface area contributed by atoms with Crippen molar-refractivity contribution in [1.29, 1.82) is 0 Å². The van der Waals surface area contributed by atoms with Crippen LogP contribution in [-0.2, 0) is 6.54 Å². The molecule has 1 aromatic heterocycles. The third kappa shape index (κ3) is 4.42.